The van der Waals surface area contributed by atoms with Gasteiger partial charge in [0.15, 0.2) is 12.4 Å². The van der Waals surface area contributed by atoms with E-state index in [1.807, 2.05) is 18.2 Å². The Labute approximate surface area is 128 Å². The predicted octanol–water partition coefficient (Wildman–Crippen LogP) is 4.04. The Morgan fingerprint density at radius 3 is 2.52 bits per heavy atom. The lowest BCUT2D eigenvalue weighted by atomic mass is 10.1. The molecular weight excluding hydrogens is 286 g/mol. The van der Waals surface area contributed by atoms with E-state index in [-0.39, 0.29) is 12.4 Å². The molecule has 0 aliphatic heterocycles. The molecule has 0 N–H and O–H groups in total. The summed E-state index contributed by atoms with van der Waals surface area (Å²) >= 11 is 5.99. The van der Waals surface area contributed by atoms with Gasteiger partial charge in [-0.1, -0.05) is 42.8 Å². The van der Waals surface area contributed by atoms with Crippen molar-refractivity contribution in [2.24, 2.45) is 0 Å². The zero-order chi connectivity index (χ0) is 15.2. The molecule has 4 heteroatoms. The first-order chi connectivity index (χ1) is 10.1. The number of rotatable bonds is 5. The lowest BCUT2D eigenvalue weighted by Gasteiger charge is -2.08. The predicted molar refractivity (Wildman–Crippen MR) is 81.8 cm³/mol. The SMILES string of the molecule is CCc1ccc(C(=O)COc2ccc(C#N)cc2Cl)cc1. The van der Waals surface area contributed by atoms with Crippen LogP contribution in [0.1, 0.15) is 28.4 Å². The first kappa shape index (κ1) is 15.1. The maximum atomic E-state index is 12.0. The summed E-state index contributed by atoms with van der Waals surface area (Å²) in [5, 5.41) is 9.08. The van der Waals surface area contributed by atoms with Gasteiger partial charge in [0.2, 0.25) is 0 Å². The third-order valence-electron chi connectivity index (χ3n) is 3.10. The van der Waals surface area contributed by atoms with Crippen LogP contribution in [0.15, 0.2) is 42.5 Å². The second kappa shape index (κ2) is 6.92. The van der Waals surface area contributed by atoms with E-state index in [9.17, 15) is 4.79 Å². The molecule has 0 aliphatic rings. The monoisotopic (exact) mass is 299 g/mol. The Hall–Kier alpha value is -2.31. The normalized spacial score (nSPS) is 9.95. The molecule has 2 aromatic rings. The molecule has 0 bridgehead atoms. The number of nitriles is 1. The second-order valence-corrected chi connectivity index (χ2v) is 4.93. The lowest BCUT2D eigenvalue weighted by Crippen LogP contribution is -2.11. The Balaban J connectivity index is 2.02. The molecule has 0 saturated heterocycles. The van der Waals surface area contributed by atoms with Crippen molar-refractivity contribution >= 4 is 17.4 Å². The van der Waals surface area contributed by atoms with Crippen LogP contribution in [-0.2, 0) is 6.42 Å². The molecule has 0 atom stereocenters. The van der Waals surface area contributed by atoms with Gasteiger partial charge in [-0.15, -0.1) is 0 Å². The smallest absolute Gasteiger partial charge is 0.200 e. The first-order valence-corrected chi connectivity index (χ1v) is 6.96. The van der Waals surface area contributed by atoms with E-state index < -0.39 is 0 Å². The average Bonchev–Trinajstić information content (AvgIpc) is 2.53. The van der Waals surface area contributed by atoms with E-state index in [0.717, 1.165) is 6.42 Å². The number of ketones is 1. The van der Waals surface area contributed by atoms with Gasteiger partial charge in [-0.05, 0) is 30.2 Å². The fourth-order valence-corrected chi connectivity index (χ4v) is 2.08. The van der Waals surface area contributed by atoms with Gasteiger partial charge in [-0.2, -0.15) is 5.26 Å². The molecular formula is C17H14ClNO2. The Bertz CT molecular complexity index is 687. The molecule has 0 radical (unpaired) electrons. The summed E-state index contributed by atoms with van der Waals surface area (Å²) in [7, 11) is 0. The largest absolute Gasteiger partial charge is 0.484 e. The molecule has 2 rings (SSSR count). The number of benzene rings is 2. The van der Waals surface area contributed by atoms with Crippen LogP contribution in [0, 0.1) is 11.3 Å². The van der Waals surface area contributed by atoms with Crippen molar-refractivity contribution in [3.05, 3.63) is 64.2 Å². The lowest BCUT2D eigenvalue weighted by molar-refractivity contribution is 0.0921. The van der Waals surface area contributed by atoms with E-state index in [1.165, 1.54) is 11.6 Å². The van der Waals surface area contributed by atoms with Gasteiger partial charge in [0.1, 0.15) is 5.75 Å². The standard InChI is InChI=1S/C17H14ClNO2/c1-2-12-3-6-14(7-4-12)16(20)11-21-17-8-5-13(10-19)9-15(17)18/h3-9H,2,11H2,1H3. The molecule has 0 unspecified atom stereocenters. The molecule has 106 valence electrons. The minimum Gasteiger partial charge on any atom is -0.484 e. The summed E-state index contributed by atoms with van der Waals surface area (Å²) in [4.78, 5) is 12.0. The summed E-state index contributed by atoms with van der Waals surface area (Å²) in [5.41, 5.74) is 2.24. The number of hydrogen-bond acceptors (Lipinski definition) is 3. The molecule has 0 spiro atoms. The zero-order valence-corrected chi connectivity index (χ0v) is 12.4. The van der Waals surface area contributed by atoms with E-state index in [0.29, 0.717) is 21.9 Å². The number of carbonyl (C=O) groups excluding carboxylic acids is 1. The number of nitrogens with zero attached hydrogens (tertiary/aromatic N) is 1. The highest BCUT2D eigenvalue weighted by Gasteiger charge is 2.09. The van der Waals surface area contributed by atoms with Gasteiger partial charge in [0.05, 0.1) is 16.7 Å². The third-order valence-corrected chi connectivity index (χ3v) is 3.40. The van der Waals surface area contributed by atoms with Gasteiger partial charge >= 0.3 is 0 Å². The fraction of sp³-hybridized carbons (Fsp3) is 0.176. The van der Waals surface area contributed by atoms with E-state index in [1.54, 1.807) is 24.3 Å². The second-order valence-electron chi connectivity index (χ2n) is 4.52. The number of Topliss-reactive ketones (excluding diaryl/α,β-unsaturated/α-hetero) is 1. The third kappa shape index (κ3) is 3.84. The molecule has 0 aromatic heterocycles. The van der Waals surface area contributed by atoms with Gasteiger partial charge in [-0.25, -0.2) is 0 Å². The average molecular weight is 300 g/mol. The van der Waals surface area contributed by atoms with Crippen LogP contribution in [0.25, 0.3) is 0 Å². The van der Waals surface area contributed by atoms with Crippen molar-refractivity contribution in [3.63, 3.8) is 0 Å². The number of carbonyl (C=O) groups is 1. The highest BCUT2D eigenvalue weighted by atomic mass is 35.5. The van der Waals surface area contributed by atoms with Gasteiger partial charge in [-0.3, -0.25) is 4.79 Å². The maximum absolute atomic E-state index is 12.0. The molecule has 21 heavy (non-hydrogen) atoms. The Morgan fingerprint density at radius 2 is 1.95 bits per heavy atom. The van der Waals surface area contributed by atoms with Crippen molar-refractivity contribution in [2.45, 2.75) is 13.3 Å². The topological polar surface area (TPSA) is 50.1 Å². The summed E-state index contributed by atoms with van der Waals surface area (Å²) in [6.45, 7) is 1.98. The molecule has 2 aromatic carbocycles. The Morgan fingerprint density at radius 1 is 1.24 bits per heavy atom. The van der Waals surface area contributed by atoms with Crippen LogP contribution in [0.4, 0.5) is 0 Å². The van der Waals surface area contributed by atoms with Crippen LogP contribution < -0.4 is 4.74 Å². The summed E-state index contributed by atoms with van der Waals surface area (Å²) in [6, 6.07) is 14.1. The summed E-state index contributed by atoms with van der Waals surface area (Å²) < 4.78 is 5.42. The highest BCUT2D eigenvalue weighted by molar-refractivity contribution is 6.32. The van der Waals surface area contributed by atoms with Crippen LogP contribution >= 0.6 is 11.6 Å². The number of hydrogen-bond donors (Lipinski definition) is 0. The van der Waals surface area contributed by atoms with Crippen molar-refractivity contribution < 1.29 is 9.53 Å². The van der Waals surface area contributed by atoms with Gasteiger partial charge < -0.3 is 4.74 Å². The molecule has 0 saturated carbocycles. The highest BCUT2D eigenvalue weighted by Crippen LogP contribution is 2.25. The zero-order valence-electron chi connectivity index (χ0n) is 11.6. The van der Waals surface area contributed by atoms with E-state index in [2.05, 4.69) is 6.92 Å². The van der Waals surface area contributed by atoms with Crippen LogP contribution in [-0.4, -0.2) is 12.4 Å². The van der Waals surface area contributed by atoms with Crippen LogP contribution in [0.2, 0.25) is 5.02 Å². The molecule has 0 aliphatic carbocycles. The van der Waals surface area contributed by atoms with Crippen molar-refractivity contribution in [3.8, 4) is 11.8 Å². The minimum atomic E-state index is -0.113. The molecule has 3 nitrogen and oxygen atoms in total. The summed E-state index contributed by atoms with van der Waals surface area (Å²) in [6.07, 6.45) is 0.936. The molecule has 0 fully saturated rings. The Kier molecular flexibility index (Phi) is 4.97. The maximum Gasteiger partial charge on any atom is 0.200 e. The van der Waals surface area contributed by atoms with Crippen LogP contribution in [0.5, 0.6) is 5.75 Å². The number of halogens is 1. The van der Waals surface area contributed by atoms with E-state index in [4.69, 9.17) is 21.6 Å². The quantitative estimate of drug-likeness (QED) is 0.783. The summed E-state index contributed by atoms with van der Waals surface area (Å²) in [5.74, 6) is 0.285. The number of ether oxygens (including phenoxy) is 1. The molecule has 0 amide bonds. The van der Waals surface area contributed by atoms with Gasteiger partial charge in [0, 0.05) is 5.56 Å². The van der Waals surface area contributed by atoms with Gasteiger partial charge in [0.25, 0.3) is 0 Å². The fourth-order valence-electron chi connectivity index (χ4n) is 1.84. The first-order valence-electron chi connectivity index (χ1n) is 6.58. The van der Waals surface area contributed by atoms with E-state index >= 15 is 0 Å². The minimum absolute atomic E-state index is 0.0862. The van der Waals surface area contributed by atoms with Crippen LogP contribution in [0.3, 0.4) is 0 Å². The molecule has 0 heterocycles. The van der Waals surface area contributed by atoms with Crippen molar-refractivity contribution in [2.75, 3.05) is 6.61 Å². The van der Waals surface area contributed by atoms with Crippen molar-refractivity contribution in [1.29, 1.82) is 5.26 Å². The van der Waals surface area contributed by atoms with Crippen molar-refractivity contribution in [1.82, 2.24) is 0 Å². The number of aryl methyl sites for hydroxylation is 1.